The topological polar surface area (TPSA) is 98.9 Å². The number of rotatable bonds is 13. The first-order valence-corrected chi connectivity index (χ1v) is 8.78. The summed E-state index contributed by atoms with van der Waals surface area (Å²) in [4.78, 5) is 17.3. The SMILES string of the molecule is CC(C)Cn1cc(COCCOCCOCCP(O)O)nn1. The molecule has 8 nitrogen and oxygen atoms in total. The van der Waals surface area contributed by atoms with E-state index < -0.39 is 8.38 Å². The highest BCUT2D eigenvalue weighted by Crippen LogP contribution is 2.20. The van der Waals surface area contributed by atoms with Crippen molar-refractivity contribution in [3.8, 4) is 0 Å². The zero-order chi connectivity index (χ0) is 16.2. The lowest BCUT2D eigenvalue weighted by Crippen LogP contribution is -2.10. The maximum atomic E-state index is 8.67. The molecule has 128 valence electrons. The van der Waals surface area contributed by atoms with Crippen molar-refractivity contribution in [2.75, 3.05) is 39.2 Å². The zero-order valence-corrected chi connectivity index (χ0v) is 14.1. The smallest absolute Gasteiger partial charge is 0.167 e. The number of nitrogens with zero attached hydrogens (tertiary/aromatic N) is 3. The van der Waals surface area contributed by atoms with Gasteiger partial charge in [0.1, 0.15) is 5.69 Å². The van der Waals surface area contributed by atoms with Crippen LogP contribution in [0, 0.1) is 5.92 Å². The minimum atomic E-state index is -1.86. The van der Waals surface area contributed by atoms with E-state index in [1.165, 1.54) is 0 Å². The quantitative estimate of drug-likeness (QED) is 0.406. The molecule has 0 saturated heterocycles. The van der Waals surface area contributed by atoms with Crippen LogP contribution >= 0.6 is 8.38 Å². The van der Waals surface area contributed by atoms with Crippen LogP contribution in [0.4, 0.5) is 0 Å². The van der Waals surface area contributed by atoms with Crippen LogP contribution < -0.4 is 0 Å². The molecule has 0 aromatic carbocycles. The maximum absolute atomic E-state index is 8.67. The monoisotopic (exact) mass is 335 g/mol. The van der Waals surface area contributed by atoms with Gasteiger partial charge in [-0.1, -0.05) is 19.1 Å². The van der Waals surface area contributed by atoms with Crippen LogP contribution in [0.5, 0.6) is 0 Å². The molecule has 1 heterocycles. The molecule has 2 N–H and O–H groups in total. The van der Waals surface area contributed by atoms with Crippen molar-refractivity contribution in [1.29, 1.82) is 0 Å². The van der Waals surface area contributed by atoms with Gasteiger partial charge in [-0.3, -0.25) is 4.68 Å². The van der Waals surface area contributed by atoms with Crippen molar-refractivity contribution >= 4 is 8.38 Å². The molecule has 22 heavy (non-hydrogen) atoms. The molecule has 9 heteroatoms. The zero-order valence-electron chi connectivity index (χ0n) is 13.2. The molecule has 0 atom stereocenters. The van der Waals surface area contributed by atoms with E-state index in [2.05, 4.69) is 24.2 Å². The molecule has 1 aromatic heterocycles. The van der Waals surface area contributed by atoms with Crippen LogP contribution in [-0.2, 0) is 27.4 Å². The molecular weight excluding hydrogens is 309 g/mol. The summed E-state index contributed by atoms with van der Waals surface area (Å²) in [5.74, 6) is 0.535. The lowest BCUT2D eigenvalue weighted by atomic mass is 10.2. The molecule has 0 saturated carbocycles. The molecule has 0 amide bonds. The fraction of sp³-hybridized carbons (Fsp3) is 0.846. The second-order valence-electron chi connectivity index (χ2n) is 5.20. The van der Waals surface area contributed by atoms with Gasteiger partial charge < -0.3 is 24.0 Å². The minimum absolute atomic E-state index is 0.274. The van der Waals surface area contributed by atoms with Crippen LogP contribution in [0.2, 0.25) is 0 Å². The van der Waals surface area contributed by atoms with E-state index in [1.54, 1.807) is 0 Å². The third-order valence-corrected chi connectivity index (χ3v) is 3.15. The van der Waals surface area contributed by atoms with Gasteiger partial charge in [-0.05, 0) is 5.92 Å². The van der Waals surface area contributed by atoms with Crippen molar-refractivity contribution in [3.63, 3.8) is 0 Å². The van der Waals surface area contributed by atoms with Gasteiger partial charge in [0.05, 0.1) is 45.8 Å². The Kier molecular flexibility index (Phi) is 10.5. The molecule has 1 rings (SSSR count). The van der Waals surface area contributed by atoms with Gasteiger partial charge >= 0.3 is 0 Å². The van der Waals surface area contributed by atoms with E-state index in [0.717, 1.165) is 12.2 Å². The van der Waals surface area contributed by atoms with E-state index in [9.17, 15) is 0 Å². The second kappa shape index (κ2) is 11.9. The molecule has 1 aromatic rings. The van der Waals surface area contributed by atoms with E-state index in [0.29, 0.717) is 45.6 Å². The van der Waals surface area contributed by atoms with Crippen LogP contribution in [0.1, 0.15) is 19.5 Å². The van der Waals surface area contributed by atoms with Crippen molar-refractivity contribution in [1.82, 2.24) is 15.0 Å². The van der Waals surface area contributed by atoms with Crippen molar-refractivity contribution < 1.29 is 24.0 Å². The van der Waals surface area contributed by atoms with Crippen LogP contribution in [0.3, 0.4) is 0 Å². The minimum Gasteiger partial charge on any atom is -0.379 e. The average molecular weight is 335 g/mol. The fourth-order valence-electron chi connectivity index (χ4n) is 1.63. The van der Waals surface area contributed by atoms with E-state index >= 15 is 0 Å². The number of ether oxygens (including phenoxy) is 3. The summed E-state index contributed by atoms with van der Waals surface area (Å²) >= 11 is 0. The predicted octanol–water partition coefficient (Wildman–Crippen LogP) is 0.780. The Morgan fingerprint density at radius 3 is 2.36 bits per heavy atom. The van der Waals surface area contributed by atoms with Crippen LogP contribution in [-0.4, -0.2) is 64.0 Å². The number of hydrogen-bond acceptors (Lipinski definition) is 7. The predicted molar refractivity (Wildman–Crippen MR) is 82.4 cm³/mol. The summed E-state index contributed by atoms with van der Waals surface area (Å²) in [6, 6.07) is 0. The maximum Gasteiger partial charge on any atom is 0.167 e. The van der Waals surface area contributed by atoms with Gasteiger partial charge in [0, 0.05) is 12.7 Å². The molecule has 0 bridgehead atoms. The number of aromatic nitrogens is 3. The Morgan fingerprint density at radius 1 is 1.09 bits per heavy atom. The molecule has 0 aliphatic rings. The molecule has 0 spiro atoms. The molecule has 0 radical (unpaired) electrons. The fourth-order valence-corrected chi connectivity index (χ4v) is 1.92. The summed E-state index contributed by atoms with van der Waals surface area (Å²) in [6.45, 7) is 7.74. The summed E-state index contributed by atoms with van der Waals surface area (Å²) in [7, 11) is -1.86. The van der Waals surface area contributed by atoms with Crippen molar-refractivity contribution in [2.24, 2.45) is 5.92 Å². The molecule has 0 aliphatic carbocycles. The van der Waals surface area contributed by atoms with Gasteiger partial charge in [-0.15, -0.1) is 5.10 Å². The summed E-state index contributed by atoms with van der Waals surface area (Å²) in [5.41, 5.74) is 0.813. The van der Waals surface area contributed by atoms with Gasteiger partial charge in [0.15, 0.2) is 8.38 Å². The highest BCUT2D eigenvalue weighted by atomic mass is 31.2. The number of hydrogen-bond donors (Lipinski definition) is 2. The first-order valence-electron chi connectivity index (χ1n) is 7.35. The lowest BCUT2D eigenvalue weighted by Gasteiger charge is -2.06. The third-order valence-electron chi connectivity index (χ3n) is 2.57. The summed E-state index contributed by atoms with van der Waals surface area (Å²) in [5, 5.41) is 8.07. The average Bonchev–Trinajstić information content (AvgIpc) is 2.87. The van der Waals surface area contributed by atoms with Crippen LogP contribution in [0.25, 0.3) is 0 Å². The Balaban J connectivity index is 1.92. The first-order chi connectivity index (χ1) is 10.6. The molecule has 0 fully saturated rings. The second-order valence-corrected chi connectivity index (χ2v) is 6.39. The Labute approximate surface area is 132 Å². The first kappa shape index (κ1) is 19.4. The Bertz CT molecular complexity index is 390. The van der Waals surface area contributed by atoms with E-state index in [1.807, 2.05) is 10.9 Å². The highest BCUT2D eigenvalue weighted by Gasteiger charge is 2.03. The third kappa shape index (κ3) is 10.2. The Morgan fingerprint density at radius 2 is 1.73 bits per heavy atom. The standard InChI is InChI=1S/C13H26N3O5P/c1-12(2)9-16-10-13(14-15-16)11-21-6-5-19-3-4-20-7-8-22(17)18/h10,12,17-18H,3-9,11H2,1-2H3. The lowest BCUT2D eigenvalue weighted by molar-refractivity contribution is 0.0123. The van der Waals surface area contributed by atoms with Crippen molar-refractivity contribution in [3.05, 3.63) is 11.9 Å². The van der Waals surface area contributed by atoms with Gasteiger partial charge in [-0.2, -0.15) is 0 Å². The van der Waals surface area contributed by atoms with Gasteiger partial charge in [-0.25, -0.2) is 0 Å². The highest BCUT2D eigenvalue weighted by molar-refractivity contribution is 7.45. The summed E-state index contributed by atoms with van der Waals surface area (Å²) in [6.07, 6.45) is 2.17. The molecular formula is C13H26N3O5P. The van der Waals surface area contributed by atoms with Crippen LogP contribution in [0.15, 0.2) is 6.20 Å². The summed E-state index contributed by atoms with van der Waals surface area (Å²) < 4.78 is 17.8. The van der Waals surface area contributed by atoms with E-state index in [4.69, 9.17) is 24.0 Å². The van der Waals surface area contributed by atoms with Crippen molar-refractivity contribution in [2.45, 2.75) is 27.0 Å². The largest absolute Gasteiger partial charge is 0.379 e. The van der Waals surface area contributed by atoms with Gasteiger partial charge in [0.2, 0.25) is 0 Å². The van der Waals surface area contributed by atoms with E-state index in [-0.39, 0.29) is 6.16 Å². The molecule has 0 aliphatic heterocycles. The van der Waals surface area contributed by atoms with Gasteiger partial charge in [0.25, 0.3) is 0 Å². The normalized spacial score (nSPS) is 11.7. The molecule has 0 unspecified atom stereocenters. The Hall–Kier alpha value is -0.630.